The van der Waals surface area contributed by atoms with E-state index in [2.05, 4.69) is 21.8 Å². The summed E-state index contributed by atoms with van der Waals surface area (Å²) in [4.78, 5) is 10.7. The number of oxazole rings is 1. The normalized spacial score (nSPS) is 26.6. The van der Waals surface area contributed by atoms with Crippen LogP contribution < -0.4 is 0 Å². The maximum atomic E-state index is 10.5. The minimum absolute atomic E-state index is 0.0443. The maximum absolute atomic E-state index is 10.5. The fourth-order valence-corrected chi connectivity index (χ4v) is 3.35. The number of piperidine rings is 1. The lowest BCUT2D eigenvalue weighted by molar-refractivity contribution is -0.0814. The third kappa shape index (κ3) is 2.86. The monoisotopic (exact) mass is 305 g/mol. The van der Waals surface area contributed by atoms with Crippen LogP contribution in [0.25, 0.3) is 11.2 Å². The molecule has 6 heteroatoms. The van der Waals surface area contributed by atoms with Gasteiger partial charge in [0.15, 0.2) is 11.2 Å². The summed E-state index contributed by atoms with van der Waals surface area (Å²) in [5.74, 6) is 0.618. The molecule has 0 aromatic carbocycles. The predicted octanol–water partition coefficient (Wildman–Crippen LogP) is 1.57. The summed E-state index contributed by atoms with van der Waals surface area (Å²) in [6, 6.07) is 3.67. The van der Waals surface area contributed by atoms with E-state index >= 15 is 0 Å². The number of β-amino-alcohol motifs (C(OH)–C–C–N with tert-alkyl or cyclic N) is 1. The fraction of sp³-hybridized carbons (Fsp3) is 0.625. The SMILES string of the molecule is CCC[C@]1(CO)CCN(Cc2nc3ncccc3o2)C[C@@H]1O. The zero-order chi connectivity index (χ0) is 15.6. The van der Waals surface area contributed by atoms with Crippen molar-refractivity contribution >= 4 is 11.2 Å². The first-order chi connectivity index (χ1) is 10.7. The molecule has 6 nitrogen and oxygen atoms in total. The summed E-state index contributed by atoms with van der Waals surface area (Å²) >= 11 is 0. The molecule has 0 aliphatic carbocycles. The molecule has 2 atom stereocenters. The molecular formula is C16H23N3O3. The smallest absolute Gasteiger partial charge is 0.211 e. The lowest BCUT2D eigenvalue weighted by Crippen LogP contribution is -2.52. The van der Waals surface area contributed by atoms with Gasteiger partial charge >= 0.3 is 0 Å². The van der Waals surface area contributed by atoms with Gasteiger partial charge in [0.2, 0.25) is 5.89 Å². The topological polar surface area (TPSA) is 82.6 Å². The highest BCUT2D eigenvalue weighted by atomic mass is 16.3. The highest BCUT2D eigenvalue weighted by molar-refractivity contribution is 5.66. The van der Waals surface area contributed by atoms with Crippen molar-refractivity contribution in [3.05, 3.63) is 24.2 Å². The molecule has 3 rings (SSSR count). The Morgan fingerprint density at radius 1 is 1.50 bits per heavy atom. The molecule has 0 radical (unpaired) electrons. The quantitative estimate of drug-likeness (QED) is 0.872. The van der Waals surface area contributed by atoms with Crippen LogP contribution in [0, 0.1) is 5.41 Å². The molecule has 0 amide bonds. The second kappa shape index (κ2) is 6.32. The van der Waals surface area contributed by atoms with E-state index in [1.54, 1.807) is 6.20 Å². The first-order valence-electron chi connectivity index (χ1n) is 7.88. The second-order valence-electron chi connectivity index (χ2n) is 6.20. The van der Waals surface area contributed by atoms with Crippen LogP contribution in [0.5, 0.6) is 0 Å². The molecule has 0 saturated carbocycles. The van der Waals surface area contributed by atoms with Crippen LogP contribution in [0.15, 0.2) is 22.7 Å². The Labute approximate surface area is 129 Å². The van der Waals surface area contributed by atoms with E-state index in [-0.39, 0.29) is 12.0 Å². The number of likely N-dealkylation sites (tertiary alicyclic amines) is 1. The summed E-state index contributed by atoms with van der Waals surface area (Å²) in [5, 5.41) is 20.2. The van der Waals surface area contributed by atoms with Crippen molar-refractivity contribution in [1.82, 2.24) is 14.9 Å². The van der Waals surface area contributed by atoms with Gasteiger partial charge in [-0.3, -0.25) is 4.90 Å². The van der Waals surface area contributed by atoms with E-state index in [4.69, 9.17) is 4.42 Å². The van der Waals surface area contributed by atoms with E-state index in [0.29, 0.717) is 30.2 Å². The summed E-state index contributed by atoms with van der Waals surface area (Å²) in [6.45, 7) is 4.04. The Morgan fingerprint density at radius 2 is 2.36 bits per heavy atom. The van der Waals surface area contributed by atoms with Gasteiger partial charge in [0.05, 0.1) is 19.3 Å². The molecule has 1 fully saturated rings. The second-order valence-corrected chi connectivity index (χ2v) is 6.20. The van der Waals surface area contributed by atoms with Crippen molar-refractivity contribution in [2.45, 2.75) is 38.8 Å². The molecule has 0 unspecified atom stereocenters. The van der Waals surface area contributed by atoms with Gasteiger partial charge in [-0.1, -0.05) is 13.3 Å². The van der Waals surface area contributed by atoms with Gasteiger partial charge in [-0.05, 0) is 31.5 Å². The molecule has 120 valence electrons. The number of nitrogens with zero attached hydrogens (tertiary/aromatic N) is 3. The molecule has 22 heavy (non-hydrogen) atoms. The lowest BCUT2D eigenvalue weighted by Gasteiger charge is -2.44. The van der Waals surface area contributed by atoms with Gasteiger partial charge in [-0.15, -0.1) is 0 Å². The molecule has 0 spiro atoms. The highest BCUT2D eigenvalue weighted by Crippen LogP contribution is 2.36. The zero-order valence-corrected chi connectivity index (χ0v) is 12.9. The molecule has 1 saturated heterocycles. The van der Waals surface area contributed by atoms with Crippen LogP contribution >= 0.6 is 0 Å². The average molecular weight is 305 g/mol. The maximum Gasteiger partial charge on any atom is 0.211 e. The summed E-state index contributed by atoms with van der Waals surface area (Å²) < 4.78 is 5.69. The Hall–Kier alpha value is -1.50. The largest absolute Gasteiger partial charge is 0.438 e. The van der Waals surface area contributed by atoms with E-state index in [1.165, 1.54) is 0 Å². The predicted molar refractivity (Wildman–Crippen MR) is 82.1 cm³/mol. The fourth-order valence-electron chi connectivity index (χ4n) is 3.35. The molecule has 0 bridgehead atoms. The van der Waals surface area contributed by atoms with E-state index in [1.807, 2.05) is 12.1 Å². The van der Waals surface area contributed by atoms with E-state index in [0.717, 1.165) is 25.8 Å². The van der Waals surface area contributed by atoms with E-state index in [9.17, 15) is 10.2 Å². The van der Waals surface area contributed by atoms with Crippen molar-refractivity contribution in [1.29, 1.82) is 0 Å². The van der Waals surface area contributed by atoms with Gasteiger partial charge in [0.25, 0.3) is 0 Å². The third-order valence-electron chi connectivity index (χ3n) is 4.69. The first-order valence-corrected chi connectivity index (χ1v) is 7.88. The van der Waals surface area contributed by atoms with Crippen LogP contribution in [0.1, 0.15) is 32.1 Å². The number of fused-ring (bicyclic) bond motifs is 1. The average Bonchev–Trinajstić information content (AvgIpc) is 2.92. The molecule has 1 aliphatic heterocycles. The molecule has 2 aromatic rings. The minimum Gasteiger partial charge on any atom is -0.438 e. The number of hydrogen-bond acceptors (Lipinski definition) is 6. The third-order valence-corrected chi connectivity index (χ3v) is 4.69. The van der Waals surface area contributed by atoms with Crippen LogP contribution in [-0.2, 0) is 6.54 Å². The Balaban J connectivity index is 1.67. The summed E-state index contributed by atoms with van der Waals surface area (Å²) in [6.07, 6.45) is 3.78. The van der Waals surface area contributed by atoms with Gasteiger partial charge in [0.1, 0.15) is 0 Å². The number of rotatable bonds is 5. The van der Waals surface area contributed by atoms with Gasteiger partial charge in [0, 0.05) is 18.2 Å². The lowest BCUT2D eigenvalue weighted by atomic mass is 9.73. The number of hydrogen-bond donors (Lipinski definition) is 2. The van der Waals surface area contributed by atoms with Crippen LogP contribution in [0.2, 0.25) is 0 Å². The minimum atomic E-state index is -0.520. The van der Waals surface area contributed by atoms with E-state index < -0.39 is 6.10 Å². The highest BCUT2D eigenvalue weighted by Gasteiger charge is 2.41. The molecule has 1 aliphatic rings. The van der Waals surface area contributed by atoms with Crippen molar-refractivity contribution in [3.63, 3.8) is 0 Å². The molecular weight excluding hydrogens is 282 g/mol. The number of pyridine rings is 1. The van der Waals surface area contributed by atoms with Crippen molar-refractivity contribution < 1.29 is 14.6 Å². The van der Waals surface area contributed by atoms with Crippen molar-refractivity contribution in [3.8, 4) is 0 Å². The Bertz CT molecular complexity index is 597. The standard InChI is InChI=1S/C16H23N3O3/c1-2-5-16(11-20)6-8-19(9-13(16)21)10-14-18-15-12(22-14)4-3-7-17-15/h3-4,7,13,20-21H,2,5-6,8-11H2,1H3/t13-,16+/m0/s1. The van der Waals surface area contributed by atoms with Crippen LogP contribution in [0.3, 0.4) is 0 Å². The van der Waals surface area contributed by atoms with Crippen molar-refractivity contribution in [2.75, 3.05) is 19.7 Å². The van der Waals surface area contributed by atoms with Crippen LogP contribution in [0.4, 0.5) is 0 Å². The Morgan fingerprint density at radius 3 is 3.05 bits per heavy atom. The summed E-state index contributed by atoms with van der Waals surface area (Å²) in [7, 11) is 0. The van der Waals surface area contributed by atoms with Gasteiger partial charge in [-0.25, -0.2) is 4.98 Å². The number of aliphatic hydroxyl groups is 2. The zero-order valence-electron chi connectivity index (χ0n) is 12.9. The summed E-state index contributed by atoms with van der Waals surface area (Å²) in [5.41, 5.74) is 0.949. The van der Waals surface area contributed by atoms with Crippen LogP contribution in [-0.4, -0.2) is 50.9 Å². The Kier molecular flexibility index (Phi) is 4.42. The number of aliphatic hydroxyl groups excluding tert-OH is 2. The molecule has 2 aromatic heterocycles. The molecule has 3 heterocycles. The van der Waals surface area contributed by atoms with Crippen molar-refractivity contribution in [2.24, 2.45) is 5.41 Å². The molecule has 2 N–H and O–H groups in total. The van der Waals surface area contributed by atoms with Gasteiger partial charge < -0.3 is 14.6 Å². The first kappa shape index (κ1) is 15.4. The number of aromatic nitrogens is 2. The van der Waals surface area contributed by atoms with Gasteiger partial charge in [-0.2, -0.15) is 4.98 Å².